The maximum atomic E-state index is 12.4. The number of nitrogens with zero attached hydrogens (tertiary/aromatic N) is 3. The number of para-hydroxylation sites is 1. The van der Waals surface area contributed by atoms with E-state index >= 15 is 0 Å². The zero-order valence-corrected chi connectivity index (χ0v) is 20.6. The minimum absolute atomic E-state index is 0.111. The van der Waals surface area contributed by atoms with Gasteiger partial charge in [-0.3, -0.25) is 9.69 Å². The Kier molecular flexibility index (Phi) is 7.32. The van der Waals surface area contributed by atoms with Gasteiger partial charge in [-0.2, -0.15) is 0 Å². The van der Waals surface area contributed by atoms with E-state index in [4.69, 9.17) is 14.2 Å². The quantitative estimate of drug-likeness (QED) is 0.291. The molecule has 37 heavy (non-hydrogen) atoms. The predicted octanol–water partition coefficient (Wildman–Crippen LogP) is 3.24. The molecular weight excluding hydrogens is 472 g/mol. The number of H-pyrrole nitrogens is 1. The third-order valence-electron chi connectivity index (χ3n) is 6.24. The molecule has 1 aliphatic heterocycles. The number of aromatic nitrogens is 2. The lowest BCUT2D eigenvalue weighted by molar-refractivity contribution is -0.136. The summed E-state index contributed by atoms with van der Waals surface area (Å²) < 4.78 is 16.1. The van der Waals surface area contributed by atoms with Crippen molar-refractivity contribution in [3.8, 4) is 17.2 Å². The number of carbonyl (C=O) groups is 1. The summed E-state index contributed by atoms with van der Waals surface area (Å²) in [6.07, 6.45) is 0. The summed E-state index contributed by atoms with van der Waals surface area (Å²) in [5, 5.41) is 0.601. The van der Waals surface area contributed by atoms with E-state index < -0.39 is 5.97 Å². The summed E-state index contributed by atoms with van der Waals surface area (Å²) in [7, 11) is 1.59. The fourth-order valence-corrected chi connectivity index (χ4v) is 4.30. The van der Waals surface area contributed by atoms with Gasteiger partial charge in [0.1, 0.15) is 23.1 Å². The second-order valence-corrected chi connectivity index (χ2v) is 8.73. The summed E-state index contributed by atoms with van der Waals surface area (Å²) in [5.41, 5.74) is 1.58. The molecule has 190 valence electrons. The predicted molar refractivity (Wildman–Crippen MR) is 140 cm³/mol. The molecule has 0 atom stereocenters. The van der Waals surface area contributed by atoms with Crippen LogP contribution in [0.3, 0.4) is 0 Å². The molecule has 1 saturated heterocycles. The number of methoxy groups -OCH3 is 1. The maximum absolute atomic E-state index is 12.4. The van der Waals surface area contributed by atoms with E-state index in [-0.39, 0.29) is 12.2 Å². The Hall–Kier alpha value is -4.37. The summed E-state index contributed by atoms with van der Waals surface area (Å²) in [5.74, 6) is 1.94. The highest BCUT2D eigenvalue weighted by Gasteiger charge is 2.19. The molecule has 2 heterocycles. The van der Waals surface area contributed by atoms with Gasteiger partial charge in [-0.1, -0.05) is 18.2 Å². The maximum Gasteiger partial charge on any atom is 0.349 e. The van der Waals surface area contributed by atoms with Crippen LogP contribution in [0.4, 0.5) is 5.69 Å². The van der Waals surface area contributed by atoms with Gasteiger partial charge in [0.05, 0.1) is 24.6 Å². The molecular formula is C28H28N4O5. The number of esters is 1. The Morgan fingerprint density at radius 1 is 0.919 bits per heavy atom. The van der Waals surface area contributed by atoms with Crippen LogP contribution in [0.15, 0.2) is 77.6 Å². The Labute approximate surface area is 214 Å². The molecule has 0 aliphatic carbocycles. The van der Waals surface area contributed by atoms with Crippen LogP contribution in [0, 0.1) is 0 Å². The van der Waals surface area contributed by atoms with Crippen molar-refractivity contribution in [2.75, 3.05) is 44.8 Å². The van der Waals surface area contributed by atoms with Crippen LogP contribution in [0.2, 0.25) is 0 Å². The summed E-state index contributed by atoms with van der Waals surface area (Å²) in [6, 6.07) is 21.9. The first-order valence-corrected chi connectivity index (χ1v) is 12.1. The normalized spacial score (nSPS) is 13.9. The fourth-order valence-electron chi connectivity index (χ4n) is 4.30. The Balaban J connectivity index is 1.13. The van der Waals surface area contributed by atoms with Crippen molar-refractivity contribution >= 4 is 22.6 Å². The van der Waals surface area contributed by atoms with Crippen molar-refractivity contribution in [3.63, 3.8) is 0 Å². The number of aromatic amines is 1. The molecule has 1 aliphatic rings. The molecule has 0 amide bonds. The molecule has 0 saturated carbocycles. The zero-order valence-electron chi connectivity index (χ0n) is 20.6. The average molecular weight is 501 g/mol. The second kappa shape index (κ2) is 11.1. The third-order valence-corrected chi connectivity index (χ3v) is 6.24. The van der Waals surface area contributed by atoms with Crippen molar-refractivity contribution in [2.45, 2.75) is 6.54 Å². The van der Waals surface area contributed by atoms with Gasteiger partial charge >= 0.3 is 5.97 Å². The number of nitrogens with one attached hydrogen (secondary N) is 1. The van der Waals surface area contributed by atoms with Crippen molar-refractivity contribution in [2.24, 2.45) is 0 Å². The van der Waals surface area contributed by atoms with Crippen LogP contribution in [-0.4, -0.2) is 60.7 Å². The number of hydrogen-bond donors (Lipinski definition) is 1. The van der Waals surface area contributed by atoms with Crippen LogP contribution in [-0.2, 0) is 11.3 Å². The summed E-state index contributed by atoms with van der Waals surface area (Å²) in [4.78, 5) is 36.7. The molecule has 5 rings (SSSR count). The lowest BCUT2D eigenvalue weighted by Gasteiger charge is -2.35. The SMILES string of the molecule is COc1ccc(OCC(=O)Oc2cccc(N3CCN(Cc4nc5ccccc5c(=O)[nH]4)CC3)c2)cc1. The topological polar surface area (TPSA) is 97.0 Å². The van der Waals surface area contributed by atoms with Crippen molar-refractivity contribution in [3.05, 3.63) is 89.0 Å². The molecule has 0 bridgehead atoms. The number of fused-ring (bicyclic) bond motifs is 1. The van der Waals surface area contributed by atoms with Gasteiger partial charge in [0.25, 0.3) is 5.56 Å². The standard InChI is InChI=1S/C28H28N4O5/c1-35-21-9-11-22(12-10-21)36-19-27(33)37-23-6-4-5-20(17-23)32-15-13-31(14-16-32)18-26-29-25-8-3-2-7-24(25)28(34)30-26/h2-12,17H,13-16,18-19H2,1H3,(H,29,30,34). The van der Waals surface area contributed by atoms with E-state index in [1.807, 2.05) is 36.4 Å². The molecule has 1 aromatic heterocycles. The number of piperazine rings is 1. The number of carbonyl (C=O) groups excluding carboxylic acids is 1. The van der Waals surface area contributed by atoms with Gasteiger partial charge in [0, 0.05) is 37.9 Å². The number of rotatable bonds is 8. The number of ether oxygens (including phenoxy) is 3. The highest BCUT2D eigenvalue weighted by atomic mass is 16.6. The van der Waals surface area contributed by atoms with Crippen LogP contribution < -0.4 is 24.7 Å². The molecule has 9 heteroatoms. The number of hydrogen-bond acceptors (Lipinski definition) is 8. The van der Waals surface area contributed by atoms with Crippen molar-refractivity contribution < 1.29 is 19.0 Å². The highest BCUT2D eigenvalue weighted by Crippen LogP contribution is 2.23. The minimum atomic E-state index is -0.477. The van der Waals surface area contributed by atoms with E-state index in [0.29, 0.717) is 40.5 Å². The largest absolute Gasteiger partial charge is 0.497 e. The summed E-state index contributed by atoms with van der Waals surface area (Å²) in [6.45, 7) is 3.62. The van der Waals surface area contributed by atoms with E-state index in [1.165, 1.54) is 0 Å². The van der Waals surface area contributed by atoms with Crippen LogP contribution in [0.5, 0.6) is 17.2 Å². The van der Waals surface area contributed by atoms with Crippen molar-refractivity contribution in [1.82, 2.24) is 14.9 Å². The van der Waals surface area contributed by atoms with E-state index in [9.17, 15) is 9.59 Å². The minimum Gasteiger partial charge on any atom is -0.497 e. The first-order valence-electron chi connectivity index (χ1n) is 12.1. The number of anilines is 1. The lowest BCUT2D eigenvalue weighted by Crippen LogP contribution is -2.46. The molecule has 1 fully saturated rings. The molecule has 3 aromatic carbocycles. The Morgan fingerprint density at radius 3 is 2.46 bits per heavy atom. The third kappa shape index (κ3) is 6.07. The second-order valence-electron chi connectivity index (χ2n) is 8.73. The number of benzene rings is 3. The molecule has 0 unspecified atom stereocenters. The first-order chi connectivity index (χ1) is 18.1. The zero-order chi connectivity index (χ0) is 25.6. The average Bonchev–Trinajstić information content (AvgIpc) is 2.93. The monoisotopic (exact) mass is 500 g/mol. The van der Waals surface area contributed by atoms with E-state index in [1.54, 1.807) is 43.5 Å². The van der Waals surface area contributed by atoms with E-state index in [0.717, 1.165) is 31.9 Å². The van der Waals surface area contributed by atoms with Gasteiger partial charge in [-0.05, 0) is 48.5 Å². The van der Waals surface area contributed by atoms with E-state index in [2.05, 4.69) is 19.8 Å². The van der Waals surface area contributed by atoms with Gasteiger partial charge in [-0.15, -0.1) is 0 Å². The molecule has 0 spiro atoms. The smallest absolute Gasteiger partial charge is 0.349 e. The molecule has 4 aromatic rings. The molecule has 0 radical (unpaired) electrons. The summed E-state index contributed by atoms with van der Waals surface area (Å²) >= 11 is 0. The molecule has 9 nitrogen and oxygen atoms in total. The van der Waals surface area contributed by atoms with Crippen LogP contribution >= 0.6 is 0 Å². The first kappa shape index (κ1) is 24.3. The van der Waals surface area contributed by atoms with Gasteiger partial charge in [0.2, 0.25) is 0 Å². The van der Waals surface area contributed by atoms with Gasteiger partial charge in [0.15, 0.2) is 6.61 Å². The Morgan fingerprint density at radius 2 is 1.68 bits per heavy atom. The Bertz CT molecular complexity index is 1430. The highest BCUT2D eigenvalue weighted by molar-refractivity contribution is 5.77. The van der Waals surface area contributed by atoms with Gasteiger partial charge < -0.3 is 24.1 Å². The van der Waals surface area contributed by atoms with Gasteiger partial charge in [-0.25, -0.2) is 9.78 Å². The van der Waals surface area contributed by atoms with Crippen LogP contribution in [0.25, 0.3) is 10.9 Å². The molecule has 1 N–H and O–H groups in total. The van der Waals surface area contributed by atoms with Crippen molar-refractivity contribution in [1.29, 1.82) is 0 Å². The lowest BCUT2D eigenvalue weighted by atomic mass is 10.2. The van der Waals surface area contributed by atoms with Crippen LogP contribution in [0.1, 0.15) is 5.82 Å². The fraction of sp³-hybridized carbons (Fsp3) is 0.250.